The summed E-state index contributed by atoms with van der Waals surface area (Å²) in [6, 6.07) is 1.54. The van der Waals surface area contributed by atoms with Gasteiger partial charge >= 0.3 is 12.0 Å². The second-order valence-corrected chi connectivity index (χ2v) is 4.10. The molecule has 2 amide bonds. The first-order valence-electron chi connectivity index (χ1n) is 5.64. The number of aryl methyl sites for hydroxylation is 1. The molecule has 1 aromatic rings. The first kappa shape index (κ1) is 14.0. The number of carboxylic acid groups (broad SMARTS) is 1. The van der Waals surface area contributed by atoms with Crippen LogP contribution in [0.15, 0.2) is 18.5 Å². The van der Waals surface area contributed by atoms with Crippen molar-refractivity contribution in [2.24, 2.45) is 0 Å². The molecule has 1 heterocycles. The summed E-state index contributed by atoms with van der Waals surface area (Å²) in [5.74, 6) is -0.855. The highest BCUT2D eigenvalue weighted by Gasteiger charge is 2.09. The Hall–Kier alpha value is -2.11. The zero-order chi connectivity index (χ0) is 13.5. The van der Waals surface area contributed by atoms with Crippen LogP contribution in [0.2, 0.25) is 0 Å². The Labute approximate surface area is 106 Å². The second kappa shape index (κ2) is 6.58. The van der Waals surface area contributed by atoms with E-state index in [0.717, 1.165) is 5.56 Å². The van der Waals surface area contributed by atoms with E-state index in [-0.39, 0.29) is 12.5 Å². The molecule has 0 saturated carbocycles. The van der Waals surface area contributed by atoms with Crippen LogP contribution in [0.25, 0.3) is 0 Å². The molecule has 6 heteroatoms. The molecule has 0 atom stereocenters. The third-order valence-electron chi connectivity index (χ3n) is 2.36. The topological polar surface area (TPSA) is 82.5 Å². The van der Waals surface area contributed by atoms with Crippen LogP contribution >= 0.6 is 0 Å². The predicted molar refractivity (Wildman–Crippen MR) is 67.5 cm³/mol. The zero-order valence-electron chi connectivity index (χ0n) is 10.5. The summed E-state index contributed by atoms with van der Waals surface area (Å²) in [6.07, 6.45) is 3.76. The summed E-state index contributed by atoms with van der Waals surface area (Å²) in [4.78, 5) is 27.5. The number of nitrogens with one attached hydrogen (secondary N) is 1. The van der Waals surface area contributed by atoms with Crippen LogP contribution in [0.3, 0.4) is 0 Å². The standard InChI is InChI=1S/C12H17N3O3/c1-9-6-10(8-13-7-9)14-12(18)15(2)5-3-4-11(16)17/h6-8H,3-5H2,1-2H3,(H,14,18)(H,16,17). The van der Waals surface area contributed by atoms with E-state index in [9.17, 15) is 9.59 Å². The van der Waals surface area contributed by atoms with Crippen molar-refractivity contribution in [1.82, 2.24) is 9.88 Å². The Morgan fingerprint density at radius 3 is 2.78 bits per heavy atom. The van der Waals surface area contributed by atoms with Crippen LogP contribution in [-0.4, -0.2) is 40.6 Å². The van der Waals surface area contributed by atoms with Gasteiger partial charge in [0, 0.05) is 26.2 Å². The van der Waals surface area contributed by atoms with E-state index >= 15 is 0 Å². The second-order valence-electron chi connectivity index (χ2n) is 4.10. The fraction of sp³-hybridized carbons (Fsp3) is 0.417. The Bertz CT molecular complexity index is 434. The molecule has 0 bridgehead atoms. The number of carbonyl (C=O) groups excluding carboxylic acids is 1. The molecule has 1 aromatic heterocycles. The van der Waals surface area contributed by atoms with Crippen molar-refractivity contribution in [3.63, 3.8) is 0 Å². The minimum absolute atomic E-state index is 0.0591. The lowest BCUT2D eigenvalue weighted by molar-refractivity contribution is -0.137. The molecule has 2 N–H and O–H groups in total. The molecular formula is C12H17N3O3. The third-order valence-corrected chi connectivity index (χ3v) is 2.36. The smallest absolute Gasteiger partial charge is 0.321 e. The predicted octanol–water partition coefficient (Wildman–Crippen LogP) is 1.72. The van der Waals surface area contributed by atoms with Crippen LogP contribution in [0.1, 0.15) is 18.4 Å². The van der Waals surface area contributed by atoms with E-state index in [4.69, 9.17) is 5.11 Å². The van der Waals surface area contributed by atoms with E-state index in [1.165, 1.54) is 4.90 Å². The Morgan fingerprint density at radius 2 is 2.17 bits per heavy atom. The summed E-state index contributed by atoms with van der Waals surface area (Å²) in [7, 11) is 1.63. The van der Waals surface area contributed by atoms with Crippen molar-refractivity contribution in [3.8, 4) is 0 Å². The SMILES string of the molecule is Cc1cncc(NC(=O)N(C)CCCC(=O)O)c1. The molecule has 18 heavy (non-hydrogen) atoms. The average Bonchev–Trinajstić information content (AvgIpc) is 2.28. The van der Waals surface area contributed by atoms with Crippen molar-refractivity contribution >= 4 is 17.7 Å². The van der Waals surface area contributed by atoms with E-state index in [1.807, 2.05) is 13.0 Å². The lowest BCUT2D eigenvalue weighted by Gasteiger charge is -2.17. The van der Waals surface area contributed by atoms with Gasteiger partial charge < -0.3 is 15.3 Å². The van der Waals surface area contributed by atoms with E-state index in [0.29, 0.717) is 18.7 Å². The maximum atomic E-state index is 11.7. The number of rotatable bonds is 5. The summed E-state index contributed by atoms with van der Waals surface area (Å²) < 4.78 is 0. The molecule has 0 aliphatic carbocycles. The highest BCUT2D eigenvalue weighted by molar-refractivity contribution is 5.89. The van der Waals surface area contributed by atoms with Gasteiger partial charge in [-0.2, -0.15) is 0 Å². The molecule has 98 valence electrons. The third kappa shape index (κ3) is 4.82. The number of pyridine rings is 1. The Balaban J connectivity index is 2.42. The van der Waals surface area contributed by atoms with Crippen molar-refractivity contribution in [1.29, 1.82) is 0 Å². The number of aliphatic carboxylic acids is 1. The fourth-order valence-corrected chi connectivity index (χ4v) is 1.41. The van der Waals surface area contributed by atoms with Crippen molar-refractivity contribution in [2.45, 2.75) is 19.8 Å². The normalized spacial score (nSPS) is 9.89. The van der Waals surface area contributed by atoms with Gasteiger partial charge in [-0.3, -0.25) is 9.78 Å². The number of urea groups is 1. The van der Waals surface area contributed by atoms with E-state index < -0.39 is 5.97 Å². The monoisotopic (exact) mass is 251 g/mol. The van der Waals surface area contributed by atoms with Crippen LogP contribution in [-0.2, 0) is 4.79 Å². The maximum Gasteiger partial charge on any atom is 0.321 e. The van der Waals surface area contributed by atoms with Gasteiger partial charge in [-0.05, 0) is 25.0 Å². The Morgan fingerprint density at radius 1 is 1.44 bits per heavy atom. The number of hydrogen-bond donors (Lipinski definition) is 2. The molecule has 0 spiro atoms. The number of aromatic nitrogens is 1. The molecule has 0 radical (unpaired) electrons. The molecule has 6 nitrogen and oxygen atoms in total. The van der Waals surface area contributed by atoms with Gasteiger partial charge in [-0.25, -0.2) is 4.79 Å². The molecule has 0 saturated heterocycles. The molecule has 0 aromatic carbocycles. The molecule has 1 rings (SSSR count). The highest BCUT2D eigenvalue weighted by Crippen LogP contribution is 2.08. The molecule has 0 aliphatic rings. The fourth-order valence-electron chi connectivity index (χ4n) is 1.41. The number of hydrogen-bond acceptors (Lipinski definition) is 3. The number of carboxylic acids is 1. The minimum Gasteiger partial charge on any atom is -0.481 e. The summed E-state index contributed by atoms with van der Waals surface area (Å²) in [5.41, 5.74) is 1.59. The largest absolute Gasteiger partial charge is 0.481 e. The van der Waals surface area contributed by atoms with Crippen molar-refractivity contribution < 1.29 is 14.7 Å². The Kier molecular flexibility index (Phi) is 5.10. The summed E-state index contributed by atoms with van der Waals surface area (Å²) in [5, 5.41) is 11.2. The summed E-state index contributed by atoms with van der Waals surface area (Å²) >= 11 is 0. The lowest BCUT2D eigenvalue weighted by Crippen LogP contribution is -2.32. The van der Waals surface area contributed by atoms with Gasteiger partial charge in [0.1, 0.15) is 0 Å². The molecule has 0 unspecified atom stereocenters. The van der Waals surface area contributed by atoms with Crippen molar-refractivity contribution in [3.05, 3.63) is 24.0 Å². The first-order chi connectivity index (χ1) is 8.49. The lowest BCUT2D eigenvalue weighted by atomic mass is 10.3. The summed E-state index contributed by atoms with van der Waals surface area (Å²) in [6.45, 7) is 2.29. The van der Waals surface area contributed by atoms with Gasteiger partial charge in [-0.15, -0.1) is 0 Å². The molecular weight excluding hydrogens is 234 g/mol. The van der Waals surface area contributed by atoms with Gasteiger partial charge in [0.15, 0.2) is 0 Å². The zero-order valence-corrected chi connectivity index (χ0v) is 10.5. The number of amides is 2. The maximum absolute atomic E-state index is 11.7. The van der Waals surface area contributed by atoms with Crippen molar-refractivity contribution in [2.75, 3.05) is 18.9 Å². The van der Waals surface area contributed by atoms with Gasteiger partial charge in [0.25, 0.3) is 0 Å². The van der Waals surface area contributed by atoms with Gasteiger partial charge in [0.05, 0.1) is 11.9 Å². The van der Waals surface area contributed by atoms with Crippen LogP contribution in [0.4, 0.5) is 10.5 Å². The van der Waals surface area contributed by atoms with Crippen LogP contribution < -0.4 is 5.32 Å². The minimum atomic E-state index is -0.855. The van der Waals surface area contributed by atoms with E-state index in [1.54, 1.807) is 19.4 Å². The van der Waals surface area contributed by atoms with Crippen LogP contribution in [0.5, 0.6) is 0 Å². The first-order valence-corrected chi connectivity index (χ1v) is 5.64. The van der Waals surface area contributed by atoms with Crippen LogP contribution in [0, 0.1) is 6.92 Å². The van der Waals surface area contributed by atoms with Gasteiger partial charge in [-0.1, -0.05) is 0 Å². The molecule has 0 fully saturated rings. The van der Waals surface area contributed by atoms with E-state index in [2.05, 4.69) is 10.3 Å². The number of anilines is 1. The molecule has 0 aliphatic heterocycles. The highest BCUT2D eigenvalue weighted by atomic mass is 16.4. The number of carbonyl (C=O) groups is 2. The number of nitrogens with zero attached hydrogens (tertiary/aromatic N) is 2. The quantitative estimate of drug-likeness (QED) is 0.834. The van der Waals surface area contributed by atoms with Gasteiger partial charge in [0.2, 0.25) is 0 Å². The average molecular weight is 251 g/mol.